The van der Waals surface area contributed by atoms with E-state index in [4.69, 9.17) is 11.6 Å². The van der Waals surface area contributed by atoms with Crippen molar-refractivity contribution in [1.82, 2.24) is 9.97 Å². The summed E-state index contributed by atoms with van der Waals surface area (Å²) in [7, 11) is 0.512. The van der Waals surface area contributed by atoms with Crippen LogP contribution in [0, 0.1) is 0 Å². The third-order valence-electron chi connectivity index (χ3n) is 1.19. The van der Waals surface area contributed by atoms with Crippen LogP contribution in [0.15, 0.2) is 11.2 Å². The first-order chi connectivity index (χ1) is 5.63. The van der Waals surface area contributed by atoms with E-state index in [1.165, 1.54) is 6.26 Å². The second-order valence-electron chi connectivity index (χ2n) is 2.06. The van der Waals surface area contributed by atoms with E-state index < -0.39 is 10.8 Å². The van der Waals surface area contributed by atoms with Crippen molar-refractivity contribution in [2.45, 2.75) is 5.16 Å². The van der Waals surface area contributed by atoms with Crippen molar-refractivity contribution >= 4 is 28.2 Å². The lowest BCUT2D eigenvalue weighted by molar-refractivity contribution is 0.680. The number of nitrogens with zero attached hydrogens (tertiary/aromatic N) is 2. The zero-order valence-electron chi connectivity index (χ0n) is 6.67. The fraction of sp³-hybridized carbons (Fsp3) is 0.333. The molecule has 0 bridgehead atoms. The van der Waals surface area contributed by atoms with Gasteiger partial charge in [-0.1, -0.05) is 11.6 Å². The number of anilines is 1. The third kappa shape index (κ3) is 2.15. The Kier molecular flexibility index (Phi) is 2.99. The summed E-state index contributed by atoms with van der Waals surface area (Å²) in [6.07, 6.45) is 1.51. The zero-order valence-corrected chi connectivity index (χ0v) is 8.24. The van der Waals surface area contributed by atoms with Crippen LogP contribution < -0.4 is 5.32 Å². The first-order valence-electron chi connectivity index (χ1n) is 3.19. The monoisotopic (exact) mass is 205 g/mol. The quantitative estimate of drug-likeness (QED) is 0.576. The first-order valence-corrected chi connectivity index (χ1v) is 5.13. The van der Waals surface area contributed by atoms with Gasteiger partial charge < -0.3 is 5.32 Å². The van der Waals surface area contributed by atoms with E-state index in [-0.39, 0.29) is 5.16 Å². The van der Waals surface area contributed by atoms with E-state index in [1.807, 2.05) is 0 Å². The van der Waals surface area contributed by atoms with Crippen molar-refractivity contribution in [3.63, 3.8) is 0 Å². The molecule has 1 aromatic rings. The van der Waals surface area contributed by atoms with Crippen molar-refractivity contribution < 1.29 is 4.21 Å². The third-order valence-corrected chi connectivity index (χ3v) is 2.08. The fourth-order valence-electron chi connectivity index (χ4n) is 0.653. The van der Waals surface area contributed by atoms with E-state index in [0.717, 1.165) is 0 Å². The summed E-state index contributed by atoms with van der Waals surface area (Å²) in [6.45, 7) is 0. The molecule has 12 heavy (non-hydrogen) atoms. The highest BCUT2D eigenvalue weighted by molar-refractivity contribution is 7.84. The predicted molar refractivity (Wildman–Crippen MR) is 48.9 cm³/mol. The van der Waals surface area contributed by atoms with Gasteiger partial charge in [0.15, 0.2) is 0 Å². The Hall–Kier alpha value is -0.680. The van der Waals surface area contributed by atoms with Gasteiger partial charge >= 0.3 is 0 Å². The summed E-state index contributed by atoms with van der Waals surface area (Å²) in [5, 5.41) is 3.33. The SMILES string of the molecule is CNc1cc(Cl)nc([S@](C)=O)n1. The average Bonchev–Trinajstić information content (AvgIpc) is 2.03. The molecule has 0 spiro atoms. The van der Waals surface area contributed by atoms with Crippen molar-refractivity contribution in [2.24, 2.45) is 0 Å². The summed E-state index contributed by atoms with van der Waals surface area (Å²) in [6, 6.07) is 1.57. The van der Waals surface area contributed by atoms with Gasteiger partial charge in [-0.25, -0.2) is 9.97 Å². The first kappa shape index (κ1) is 9.41. The van der Waals surface area contributed by atoms with Crippen molar-refractivity contribution in [3.05, 3.63) is 11.2 Å². The van der Waals surface area contributed by atoms with Crippen LogP contribution in [0.2, 0.25) is 5.15 Å². The highest BCUT2D eigenvalue weighted by atomic mass is 35.5. The van der Waals surface area contributed by atoms with Crippen molar-refractivity contribution in [1.29, 1.82) is 0 Å². The van der Waals surface area contributed by atoms with Gasteiger partial charge in [-0.15, -0.1) is 0 Å². The number of rotatable bonds is 2. The Morgan fingerprint density at radius 1 is 1.58 bits per heavy atom. The maximum atomic E-state index is 11.0. The molecule has 1 heterocycles. The standard InChI is InChI=1S/C6H8ClN3OS/c1-8-5-3-4(7)9-6(10-5)12(2)11/h3H,1-2H3,(H,8,9,10)/t12-/m0/s1. The molecule has 0 unspecified atom stereocenters. The second kappa shape index (κ2) is 3.82. The molecule has 1 aromatic heterocycles. The van der Waals surface area contributed by atoms with E-state index in [9.17, 15) is 4.21 Å². The minimum absolute atomic E-state index is 0.242. The topological polar surface area (TPSA) is 54.9 Å². The summed E-state index contributed by atoms with van der Waals surface area (Å²) in [4.78, 5) is 7.74. The summed E-state index contributed by atoms with van der Waals surface area (Å²) in [5.74, 6) is 0.570. The summed E-state index contributed by atoms with van der Waals surface area (Å²) < 4.78 is 11.0. The van der Waals surface area contributed by atoms with Gasteiger partial charge in [-0.3, -0.25) is 4.21 Å². The van der Waals surface area contributed by atoms with Crippen LogP contribution in [0.3, 0.4) is 0 Å². The van der Waals surface area contributed by atoms with E-state index in [0.29, 0.717) is 11.0 Å². The van der Waals surface area contributed by atoms with Crippen LogP contribution >= 0.6 is 11.6 Å². The normalized spacial score (nSPS) is 12.6. The predicted octanol–water partition coefficient (Wildman–Crippen LogP) is 0.909. The van der Waals surface area contributed by atoms with E-state index in [2.05, 4.69) is 15.3 Å². The maximum Gasteiger partial charge on any atom is 0.221 e. The molecule has 0 saturated carbocycles. The van der Waals surface area contributed by atoms with Crippen LogP contribution in [-0.4, -0.2) is 27.5 Å². The van der Waals surface area contributed by atoms with Crippen LogP contribution in [-0.2, 0) is 10.8 Å². The molecule has 1 rings (SSSR count). The lowest BCUT2D eigenvalue weighted by Gasteiger charge is -2.00. The highest BCUT2D eigenvalue weighted by Gasteiger charge is 2.04. The Bertz CT molecular complexity index is 318. The molecule has 4 nitrogen and oxygen atoms in total. The van der Waals surface area contributed by atoms with Gasteiger partial charge in [0.1, 0.15) is 11.0 Å². The van der Waals surface area contributed by atoms with Gasteiger partial charge in [0, 0.05) is 19.4 Å². The number of aromatic nitrogens is 2. The van der Waals surface area contributed by atoms with Gasteiger partial charge in [0.05, 0.1) is 10.8 Å². The Morgan fingerprint density at radius 2 is 2.25 bits per heavy atom. The average molecular weight is 206 g/mol. The molecule has 0 radical (unpaired) electrons. The molecule has 0 aromatic carbocycles. The summed E-state index contributed by atoms with van der Waals surface area (Å²) in [5.41, 5.74) is 0. The molecule has 0 amide bonds. The van der Waals surface area contributed by atoms with Crippen LogP contribution in [0.25, 0.3) is 0 Å². The van der Waals surface area contributed by atoms with Crippen LogP contribution in [0.1, 0.15) is 0 Å². The van der Waals surface area contributed by atoms with Crippen LogP contribution in [0.4, 0.5) is 5.82 Å². The molecule has 1 atom stereocenters. The second-order valence-corrected chi connectivity index (χ2v) is 3.72. The van der Waals surface area contributed by atoms with Gasteiger partial charge in [-0.2, -0.15) is 0 Å². The molecule has 0 aliphatic heterocycles. The number of halogens is 1. The number of nitrogens with one attached hydrogen (secondary N) is 1. The minimum atomic E-state index is -1.20. The molecule has 1 N–H and O–H groups in total. The van der Waals surface area contributed by atoms with Crippen molar-refractivity contribution in [3.8, 4) is 0 Å². The molecule has 0 aliphatic carbocycles. The molecular weight excluding hydrogens is 198 g/mol. The van der Waals surface area contributed by atoms with Crippen LogP contribution in [0.5, 0.6) is 0 Å². The molecule has 66 valence electrons. The maximum absolute atomic E-state index is 11.0. The molecule has 6 heteroatoms. The van der Waals surface area contributed by atoms with Gasteiger partial charge in [0.2, 0.25) is 5.16 Å². The van der Waals surface area contributed by atoms with Gasteiger partial charge in [0.25, 0.3) is 0 Å². The Balaban J connectivity index is 3.15. The molecule has 0 fully saturated rings. The van der Waals surface area contributed by atoms with E-state index >= 15 is 0 Å². The highest BCUT2D eigenvalue weighted by Crippen LogP contribution is 2.12. The smallest absolute Gasteiger partial charge is 0.221 e. The molecule has 0 saturated heterocycles. The lowest BCUT2D eigenvalue weighted by atomic mass is 10.6. The number of hydrogen-bond acceptors (Lipinski definition) is 4. The molecule has 0 aliphatic rings. The summed E-state index contributed by atoms with van der Waals surface area (Å²) >= 11 is 5.65. The largest absolute Gasteiger partial charge is 0.373 e. The lowest BCUT2D eigenvalue weighted by Crippen LogP contribution is -2.01. The number of hydrogen-bond donors (Lipinski definition) is 1. The Labute approximate surface area is 77.8 Å². The molecular formula is C6H8ClN3OS. The van der Waals surface area contributed by atoms with E-state index in [1.54, 1.807) is 13.1 Å². The zero-order chi connectivity index (χ0) is 9.14. The fourth-order valence-corrected chi connectivity index (χ4v) is 1.34. The van der Waals surface area contributed by atoms with Crippen molar-refractivity contribution in [2.75, 3.05) is 18.6 Å². The Morgan fingerprint density at radius 3 is 2.75 bits per heavy atom. The van der Waals surface area contributed by atoms with Gasteiger partial charge in [-0.05, 0) is 0 Å². The minimum Gasteiger partial charge on any atom is -0.373 e.